The molecule has 0 aliphatic heterocycles. The van der Waals surface area contributed by atoms with Gasteiger partial charge in [-0.1, -0.05) is 12.8 Å². The Bertz CT molecular complexity index is 628. The maximum atomic E-state index is 11.5. The number of hydrogen-bond donors (Lipinski definition) is 10. The molecular formula is C36H74O10. The number of aliphatic hydroxyl groups excluding tert-OH is 10. The molecule has 0 saturated carbocycles. The highest BCUT2D eigenvalue weighted by molar-refractivity contribution is 4.92. The van der Waals surface area contributed by atoms with Crippen molar-refractivity contribution in [3.63, 3.8) is 0 Å². The van der Waals surface area contributed by atoms with E-state index >= 15 is 0 Å². The Kier molecular flexibility index (Phi) is 31.6. The van der Waals surface area contributed by atoms with Crippen LogP contribution in [0.5, 0.6) is 0 Å². The second-order valence-electron chi connectivity index (χ2n) is 13.5. The van der Waals surface area contributed by atoms with Gasteiger partial charge in [0.1, 0.15) is 0 Å². The standard InChI is InChI=1S/C36H74O10/c37-20-2-1-11-29(12-3-21-38)30(13-4-22-39)31(14-5-23-40)32(15-6-24-41)33(16-7-25-42)34(17-8-26-43)35(18-9-27-44)36(46)19-10-28-45/h29-46H,1-28H2. The maximum Gasteiger partial charge on any atom is 0.0572 e. The Hall–Kier alpha value is -0.400. The first-order valence-corrected chi connectivity index (χ1v) is 18.6. The zero-order valence-electron chi connectivity index (χ0n) is 28.9. The fourth-order valence-electron chi connectivity index (χ4n) is 8.39. The molecule has 10 N–H and O–H groups in total. The van der Waals surface area contributed by atoms with Crippen molar-refractivity contribution in [1.82, 2.24) is 0 Å². The lowest BCUT2D eigenvalue weighted by molar-refractivity contribution is -0.0190. The van der Waals surface area contributed by atoms with Crippen LogP contribution in [-0.4, -0.2) is 117 Å². The first kappa shape index (κ1) is 45.6. The van der Waals surface area contributed by atoms with Crippen molar-refractivity contribution in [1.29, 1.82) is 0 Å². The van der Waals surface area contributed by atoms with Gasteiger partial charge in [0.25, 0.3) is 0 Å². The molecule has 8 unspecified atom stereocenters. The van der Waals surface area contributed by atoms with Gasteiger partial charge in [0.2, 0.25) is 0 Å². The molecule has 10 nitrogen and oxygen atoms in total. The topological polar surface area (TPSA) is 202 Å². The van der Waals surface area contributed by atoms with Crippen LogP contribution < -0.4 is 0 Å². The summed E-state index contributed by atoms with van der Waals surface area (Å²) in [5, 5.41) is 100. The summed E-state index contributed by atoms with van der Waals surface area (Å²) in [7, 11) is 0. The van der Waals surface area contributed by atoms with E-state index in [1.807, 2.05) is 0 Å². The highest BCUT2D eigenvalue weighted by Crippen LogP contribution is 2.49. The van der Waals surface area contributed by atoms with Gasteiger partial charge in [-0.25, -0.2) is 0 Å². The van der Waals surface area contributed by atoms with Crippen molar-refractivity contribution >= 4 is 0 Å². The molecule has 0 fully saturated rings. The molecule has 0 aliphatic rings. The van der Waals surface area contributed by atoms with Crippen molar-refractivity contribution in [2.24, 2.45) is 41.4 Å². The molecule has 0 amide bonds. The van der Waals surface area contributed by atoms with E-state index in [0.29, 0.717) is 83.5 Å². The summed E-state index contributed by atoms with van der Waals surface area (Å²) >= 11 is 0. The van der Waals surface area contributed by atoms with Gasteiger partial charge in [-0.15, -0.1) is 0 Å². The highest BCUT2D eigenvalue weighted by atomic mass is 16.3. The minimum Gasteiger partial charge on any atom is -0.396 e. The first-order valence-electron chi connectivity index (χ1n) is 18.6. The Morgan fingerprint density at radius 3 is 0.891 bits per heavy atom. The smallest absolute Gasteiger partial charge is 0.0572 e. The van der Waals surface area contributed by atoms with E-state index in [0.717, 1.165) is 38.5 Å². The summed E-state index contributed by atoms with van der Waals surface area (Å²) in [6, 6.07) is 0. The fraction of sp³-hybridized carbons (Fsp3) is 1.00. The van der Waals surface area contributed by atoms with E-state index in [1.165, 1.54) is 0 Å². The van der Waals surface area contributed by atoms with Gasteiger partial charge in [0, 0.05) is 59.5 Å². The van der Waals surface area contributed by atoms with Crippen LogP contribution in [0.2, 0.25) is 0 Å². The molecule has 0 spiro atoms. The third kappa shape index (κ3) is 19.0. The molecule has 0 saturated heterocycles. The number of unbranched alkanes of at least 4 members (excludes halogenated alkanes) is 1. The van der Waals surface area contributed by atoms with Gasteiger partial charge < -0.3 is 51.1 Å². The fourth-order valence-corrected chi connectivity index (χ4v) is 8.39. The van der Waals surface area contributed by atoms with Gasteiger partial charge in [-0.05, 0) is 151 Å². The molecule has 46 heavy (non-hydrogen) atoms. The molecule has 10 heteroatoms. The van der Waals surface area contributed by atoms with E-state index < -0.39 is 6.10 Å². The van der Waals surface area contributed by atoms with Gasteiger partial charge >= 0.3 is 0 Å². The zero-order chi connectivity index (χ0) is 34.4. The molecule has 0 aromatic rings. The Morgan fingerprint density at radius 1 is 0.239 bits per heavy atom. The molecule has 0 radical (unpaired) electrons. The molecule has 0 rings (SSSR count). The van der Waals surface area contributed by atoms with E-state index in [2.05, 4.69) is 0 Å². The van der Waals surface area contributed by atoms with E-state index in [1.54, 1.807) is 0 Å². The van der Waals surface area contributed by atoms with Crippen LogP contribution in [0.4, 0.5) is 0 Å². The summed E-state index contributed by atoms with van der Waals surface area (Å²) in [6.45, 7) is 0.301. The Morgan fingerprint density at radius 2 is 0.500 bits per heavy atom. The molecule has 0 bridgehead atoms. The predicted octanol–water partition coefficient (Wildman–Crippen LogP) is 3.00. The number of aliphatic hydroxyl groups is 10. The molecular weight excluding hydrogens is 592 g/mol. The average Bonchev–Trinajstić information content (AvgIpc) is 3.07. The minimum absolute atomic E-state index is 0.00510. The van der Waals surface area contributed by atoms with Crippen LogP contribution in [0.15, 0.2) is 0 Å². The van der Waals surface area contributed by atoms with Crippen molar-refractivity contribution in [3.05, 3.63) is 0 Å². The highest BCUT2D eigenvalue weighted by Gasteiger charge is 2.42. The molecule has 8 atom stereocenters. The van der Waals surface area contributed by atoms with Gasteiger partial charge in [0.05, 0.1) is 6.10 Å². The summed E-state index contributed by atoms with van der Waals surface area (Å²) < 4.78 is 0. The third-order valence-electron chi connectivity index (χ3n) is 10.4. The van der Waals surface area contributed by atoms with Crippen molar-refractivity contribution in [3.8, 4) is 0 Å². The van der Waals surface area contributed by atoms with Crippen LogP contribution in [0.3, 0.4) is 0 Å². The van der Waals surface area contributed by atoms with E-state index in [9.17, 15) is 51.1 Å². The van der Waals surface area contributed by atoms with E-state index in [4.69, 9.17) is 0 Å². The Balaban J connectivity index is 7.24. The van der Waals surface area contributed by atoms with Crippen LogP contribution in [0, 0.1) is 41.4 Å². The lowest BCUT2D eigenvalue weighted by Crippen LogP contribution is -2.41. The summed E-state index contributed by atoms with van der Waals surface area (Å²) in [5.74, 6) is 0.371. The van der Waals surface area contributed by atoms with Gasteiger partial charge in [-0.2, -0.15) is 0 Å². The second kappa shape index (κ2) is 31.8. The molecule has 0 aliphatic carbocycles. The minimum atomic E-state index is -0.700. The largest absolute Gasteiger partial charge is 0.396 e. The SMILES string of the molecule is OCCCCC(CCCO)C(CCCO)C(CCCO)C(CCCO)C(CCCO)C(CCCO)C(CCCO)C(O)CCCO. The van der Waals surface area contributed by atoms with Crippen LogP contribution in [0.25, 0.3) is 0 Å². The number of rotatable bonds is 35. The average molecular weight is 667 g/mol. The molecule has 0 heterocycles. The second-order valence-corrected chi connectivity index (χ2v) is 13.5. The normalized spacial score (nSPS) is 17.3. The first-order chi connectivity index (χ1) is 22.4. The molecule has 0 aromatic heterocycles. The lowest BCUT2D eigenvalue weighted by atomic mass is 9.59. The maximum absolute atomic E-state index is 11.5. The monoisotopic (exact) mass is 667 g/mol. The van der Waals surface area contributed by atoms with Crippen molar-refractivity contribution < 1.29 is 51.1 Å². The zero-order valence-corrected chi connectivity index (χ0v) is 28.9. The van der Waals surface area contributed by atoms with Gasteiger partial charge in [-0.3, -0.25) is 0 Å². The van der Waals surface area contributed by atoms with Crippen molar-refractivity contribution in [2.45, 2.75) is 128 Å². The number of hydrogen-bond acceptors (Lipinski definition) is 10. The predicted molar refractivity (Wildman–Crippen MR) is 182 cm³/mol. The summed E-state index contributed by atoms with van der Waals surface area (Å²) in [6.07, 6.45) is 11.7. The molecule has 278 valence electrons. The van der Waals surface area contributed by atoms with Crippen LogP contribution >= 0.6 is 0 Å². The van der Waals surface area contributed by atoms with E-state index in [-0.39, 0.29) is 101 Å². The summed E-state index contributed by atoms with van der Waals surface area (Å²) in [4.78, 5) is 0. The van der Waals surface area contributed by atoms with Gasteiger partial charge in [0.15, 0.2) is 0 Å². The quantitative estimate of drug-likeness (QED) is 0.0448. The Labute approximate surface area is 279 Å². The summed E-state index contributed by atoms with van der Waals surface area (Å²) in [5.41, 5.74) is 0. The van der Waals surface area contributed by atoms with Crippen LogP contribution in [0.1, 0.15) is 122 Å². The van der Waals surface area contributed by atoms with Crippen molar-refractivity contribution in [2.75, 3.05) is 59.5 Å². The third-order valence-corrected chi connectivity index (χ3v) is 10.4. The molecule has 0 aromatic carbocycles. The lowest BCUT2D eigenvalue weighted by Gasteiger charge is -2.47. The van der Waals surface area contributed by atoms with Crippen LogP contribution in [-0.2, 0) is 0 Å².